The Morgan fingerprint density at radius 2 is 1.53 bits per heavy atom. The number of hydrogen-bond donors (Lipinski definition) is 1. The predicted molar refractivity (Wildman–Crippen MR) is 129 cm³/mol. The minimum atomic E-state index is -3.80. The minimum Gasteiger partial charge on any atom is -0.357 e. The molecular formula is C22H27Cl2N3O4S. The van der Waals surface area contributed by atoms with Gasteiger partial charge < -0.3 is 10.2 Å². The fourth-order valence-electron chi connectivity index (χ4n) is 3.42. The van der Waals surface area contributed by atoms with Crippen LogP contribution in [0.15, 0.2) is 36.4 Å². The molecule has 0 aliphatic carbocycles. The van der Waals surface area contributed by atoms with Gasteiger partial charge in [-0.05, 0) is 44.0 Å². The number of nitrogens with zero attached hydrogens (tertiary/aromatic N) is 2. The average molecular weight is 500 g/mol. The molecule has 1 atom stereocenters. The van der Waals surface area contributed by atoms with Gasteiger partial charge in [-0.15, -0.1) is 0 Å². The number of rotatable bonds is 8. The summed E-state index contributed by atoms with van der Waals surface area (Å²) in [5.74, 6) is -0.968. The van der Waals surface area contributed by atoms with Crippen molar-refractivity contribution in [2.75, 3.05) is 24.2 Å². The van der Waals surface area contributed by atoms with Gasteiger partial charge in [-0.3, -0.25) is 13.9 Å². The number of aryl methyl sites for hydroxylation is 2. The molecule has 0 unspecified atom stereocenters. The fourth-order valence-corrected chi connectivity index (χ4v) is 4.90. The molecule has 2 amide bonds. The highest BCUT2D eigenvalue weighted by Crippen LogP contribution is 2.29. The van der Waals surface area contributed by atoms with Crippen LogP contribution in [0.2, 0.25) is 10.0 Å². The number of carbonyl (C=O) groups is 2. The number of hydrogen-bond acceptors (Lipinski definition) is 4. The Bertz CT molecular complexity index is 1080. The van der Waals surface area contributed by atoms with Crippen LogP contribution in [0.1, 0.15) is 23.6 Å². The topological polar surface area (TPSA) is 86.8 Å². The Morgan fingerprint density at radius 1 is 1.03 bits per heavy atom. The SMILES string of the molecule is CNC(=O)[C@H](C)N(Cc1c(Cl)cccc1Cl)C(=O)CN(c1c(C)cccc1C)S(C)(=O)=O. The zero-order chi connectivity index (χ0) is 24.2. The van der Waals surface area contributed by atoms with Gasteiger partial charge in [0.25, 0.3) is 0 Å². The highest BCUT2D eigenvalue weighted by Gasteiger charge is 2.31. The van der Waals surface area contributed by atoms with Crippen molar-refractivity contribution in [3.05, 3.63) is 63.1 Å². The van der Waals surface area contributed by atoms with Crippen LogP contribution in [0.3, 0.4) is 0 Å². The molecule has 1 N–H and O–H groups in total. The van der Waals surface area contributed by atoms with Crippen LogP contribution in [-0.2, 0) is 26.2 Å². The number of benzene rings is 2. The molecule has 0 radical (unpaired) electrons. The van der Waals surface area contributed by atoms with Crippen LogP contribution < -0.4 is 9.62 Å². The molecule has 7 nitrogen and oxygen atoms in total. The second-order valence-electron chi connectivity index (χ2n) is 7.52. The van der Waals surface area contributed by atoms with Crippen molar-refractivity contribution in [1.29, 1.82) is 0 Å². The largest absolute Gasteiger partial charge is 0.357 e. The Kier molecular flexibility index (Phi) is 8.56. The summed E-state index contributed by atoms with van der Waals surface area (Å²) < 4.78 is 26.4. The molecule has 32 heavy (non-hydrogen) atoms. The van der Waals surface area contributed by atoms with Gasteiger partial charge in [0, 0.05) is 29.2 Å². The van der Waals surface area contributed by atoms with E-state index in [1.54, 1.807) is 51.1 Å². The Labute approximate surface area is 199 Å². The first-order valence-electron chi connectivity index (χ1n) is 9.86. The summed E-state index contributed by atoms with van der Waals surface area (Å²) in [5.41, 5.74) is 2.33. The lowest BCUT2D eigenvalue weighted by molar-refractivity contribution is -0.139. The summed E-state index contributed by atoms with van der Waals surface area (Å²) in [4.78, 5) is 27.1. The first kappa shape index (κ1) is 26.0. The van der Waals surface area contributed by atoms with Crippen molar-refractivity contribution < 1.29 is 18.0 Å². The van der Waals surface area contributed by atoms with Gasteiger partial charge in [0.05, 0.1) is 11.9 Å². The molecule has 0 aliphatic rings. The van der Waals surface area contributed by atoms with E-state index < -0.39 is 34.4 Å². The molecule has 2 rings (SSSR count). The minimum absolute atomic E-state index is 0.0592. The van der Waals surface area contributed by atoms with Crippen LogP contribution in [0.4, 0.5) is 5.69 Å². The van der Waals surface area contributed by atoms with Gasteiger partial charge in [-0.2, -0.15) is 0 Å². The maximum atomic E-state index is 13.4. The molecule has 10 heteroatoms. The molecule has 0 saturated heterocycles. The van der Waals surface area contributed by atoms with Crippen molar-refractivity contribution in [2.24, 2.45) is 0 Å². The van der Waals surface area contributed by atoms with E-state index in [-0.39, 0.29) is 6.54 Å². The summed E-state index contributed by atoms with van der Waals surface area (Å²) in [5, 5.41) is 3.20. The van der Waals surface area contributed by atoms with E-state index in [9.17, 15) is 18.0 Å². The standard InChI is InChI=1S/C22H27Cl2N3O4S/c1-14-8-6-9-15(2)21(14)27(32(5,30)31)13-20(28)26(16(3)22(29)25-4)12-17-18(23)10-7-11-19(17)24/h6-11,16H,12-13H2,1-5H3,(H,25,29)/t16-/m0/s1. The molecule has 2 aromatic rings. The average Bonchev–Trinajstić information content (AvgIpc) is 2.70. The molecular weight excluding hydrogens is 473 g/mol. The van der Waals surface area contributed by atoms with E-state index in [1.807, 2.05) is 6.07 Å². The third-order valence-electron chi connectivity index (χ3n) is 5.17. The quantitative estimate of drug-likeness (QED) is 0.601. The summed E-state index contributed by atoms with van der Waals surface area (Å²) in [7, 11) is -2.34. The lowest BCUT2D eigenvalue weighted by Gasteiger charge is -2.32. The number of sulfonamides is 1. The maximum absolute atomic E-state index is 13.4. The summed E-state index contributed by atoms with van der Waals surface area (Å²) >= 11 is 12.6. The lowest BCUT2D eigenvalue weighted by Crippen LogP contribution is -2.50. The Morgan fingerprint density at radius 3 is 2.00 bits per heavy atom. The van der Waals surface area contributed by atoms with Crippen LogP contribution in [0, 0.1) is 13.8 Å². The molecule has 0 aromatic heterocycles. The number of para-hydroxylation sites is 1. The van der Waals surface area contributed by atoms with E-state index >= 15 is 0 Å². The molecule has 2 aromatic carbocycles. The smallest absolute Gasteiger partial charge is 0.244 e. The van der Waals surface area contributed by atoms with Gasteiger partial charge >= 0.3 is 0 Å². The van der Waals surface area contributed by atoms with Crippen molar-refractivity contribution in [3.8, 4) is 0 Å². The molecule has 0 heterocycles. The van der Waals surface area contributed by atoms with Gasteiger partial charge in [0.15, 0.2) is 0 Å². The number of carbonyl (C=O) groups excluding carboxylic acids is 2. The highest BCUT2D eigenvalue weighted by molar-refractivity contribution is 7.92. The zero-order valence-corrected chi connectivity index (χ0v) is 21.0. The second kappa shape index (κ2) is 10.6. The van der Waals surface area contributed by atoms with Crippen LogP contribution in [0.5, 0.6) is 0 Å². The fraction of sp³-hybridized carbons (Fsp3) is 0.364. The van der Waals surface area contributed by atoms with E-state index in [0.717, 1.165) is 10.6 Å². The zero-order valence-electron chi connectivity index (χ0n) is 18.6. The normalized spacial score (nSPS) is 12.2. The Balaban J connectivity index is 2.50. The van der Waals surface area contributed by atoms with Crippen molar-refractivity contribution in [1.82, 2.24) is 10.2 Å². The van der Waals surface area contributed by atoms with Crippen molar-refractivity contribution in [3.63, 3.8) is 0 Å². The summed E-state index contributed by atoms with van der Waals surface area (Å²) in [6.07, 6.45) is 1.05. The van der Waals surface area contributed by atoms with Crippen LogP contribution in [-0.4, -0.2) is 51.0 Å². The first-order valence-corrected chi connectivity index (χ1v) is 12.5. The molecule has 174 valence electrons. The van der Waals surface area contributed by atoms with Crippen LogP contribution in [0.25, 0.3) is 0 Å². The third-order valence-corrected chi connectivity index (χ3v) is 6.99. The van der Waals surface area contributed by atoms with Crippen molar-refractivity contribution in [2.45, 2.75) is 33.4 Å². The van der Waals surface area contributed by atoms with Crippen LogP contribution >= 0.6 is 23.2 Å². The lowest BCUT2D eigenvalue weighted by atomic mass is 10.1. The molecule has 0 spiro atoms. The monoisotopic (exact) mass is 499 g/mol. The number of nitrogens with one attached hydrogen (secondary N) is 1. The number of amides is 2. The second-order valence-corrected chi connectivity index (χ2v) is 10.2. The van der Waals surface area contributed by atoms with E-state index in [1.165, 1.54) is 11.9 Å². The third kappa shape index (κ3) is 5.94. The Hall–Kier alpha value is -2.29. The van der Waals surface area contributed by atoms with Gasteiger partial charge in [-0.25, -0.2) is 8.42 Å². The van der Waals surface area contributed by atoms with E-state index in [4.69, 9.17) is 23.2 Å². The highest BCUT2D eigenvalue weighted by atomic mass is 35.5. The maximum Gasteiger partial charge on any atom is 0.244 e. The first-order chi connectivity index (χ1) is 14.9. The van der Waals surface area contributed by atoms with Gasteiger partial charge in [0.2, 0.25) is 21.8 Å². The van der Waals surface area contributed by atoms with Crippen molar-refractivity contribution >= 4 is 50.7 Å². The number of likely N-dealkylation sites (N-methyl/N-ethyl adjacent to an activating group) is 1. The molecule has 0 aliphatic heterocycles. The van der Waals surface area contributed by atoms with E-state index in [2.05, 4.69) is 5.32 Å². The van der Waals surface area contributed by atoms with Gasteiger partial charge in [0.1, 0.15) is 12.6 Å². The summed E-state index contributed by atoms with van der Waals surface area (Å²) in [6, 6.07) is 9.42. The van der Waals surface area contributed by atoms with E-state index in [0.29, 0.717) is 32.4 Å². The van der Waals surface area contributed by atoms with Gasteiger partial charge in [-0.1, -0.05) is 47.5 Å². The summed E-state index contributed by atoms with van der Waals surface area (Å²) in [6.45, 7) is 4.58. The molecule has 0 saturated carbocycles. The molecule has 0 fully saturated rings. The number of halogens is 2. The number of anilines is 1. The predicted octanol–water partition coefficient (Wildman–Crippen LogP) is 3.54. The molecule has 0 bridgehead atoms.